The standard InChI is InChI=1S/C13H19N3O3/c1-8(17)11(12(15)18)16-13(19)10(14)7-9-5-3-2-4-6-9/h2-6,8,10-11,17H,7,14H2,1H3,(H2,15,18)(H,16,19). The number of nitrogens with one attached hydrogen (secondary N) is 1. The summed E-state index contributed by atoms with van der Waals surface area (Å²) in [6, 6.07) is 7.34. The molecule has 0 aromatic heterocycles. The predicted octanol–water partition coefficient (Wildman–Crippen LogP) is -1.09. The van der Waals surface area contributed by atoms with Gasteiger partial charge in [-0.2, -0.15) is 0 Å². The maximum Gasteiger partial charge on any atom is 0.242 e. The Morgan fingerprint density at radius 2 is 1.89 bits per heavy atom. The van der Waals surface area contributed by atoms with Crippen LogP contribution in [0.15, 0.2) is 30.3 Å². The van der Waals surface area contributed by atoms with Crippen LogP contribution in [-0.4, -0.2) is 35.1 Å². The van der Waals surface area contributed by atoms with Crippen LogP contribution < -0.4 is 16.8 Å². The third-order valence-corrected chi connectivity index (χ3v) is 2.72. The SMILES string of the molecule is CC(O)C(NC(=O)C(N)Cc1ccccc1)C(N)=O. The van der Waals surface area contributed by atoms with Crippen LogP contribution >= 0.6 is 0 Å². The first-order valence-electron chi connectivity index (χ1n) is 5.99. The van der Waals surface area contributed by atoms with Gasteiger partial charge in [0.2, 0.25) is 11.8 Å². The first-order chi connectivity index (χ1) is 8.91. The van der Waals surface area contributed by atoms with E-state index in [9.17, 15) is 14.7 Å². The van der Waals surface area contributed by atoms with Gasteiger partial charge in [-0.05, 0) is 18.9 Å². The highest BCUT2D eigenvalue weighted by molar-refractivity contribution is 5.89. The van der Waals surface area contributed by atoms with E-state index in [-0.39, 0.29) is 0 Å². The number of carbonyl (C=O) groups excluding carboxylic acids is 2. The average Bonchev–Trinajstić information content (AvgIpc) is 2.35. The summed E-state index contributed by atoms with van der Waals surface area (Å²) in [6.45, 7) is 1.37. The summed E-state index contributed by atoms with van der Waals surface area (Å²) in [6.07, 6.45) is -0.719. The van der Waals surface area contributed by atoms with Gasteiger partial charge in [0.05, 0.1) is 12.1 Å². The number of nitrogens with two attached hydrogens (primary N) is 2. The Labute approximate surface area is 111 Å². The van der Waals surface area contributed by atoms with Gasteiger partial charge in [0.1, 0.15) is 6.04 Å². The molecular weight excluding hydrogens is 246 g/mol. The molecule has 0 bridgehead atoms. The topological polar surface area (TPSA) is 118 Å². The molecule has 6 heteroatoms. The van der Waals surface area contributed by atoms with Crippen LogP contribution in [0.25, 0.3) is 0 Å². The smallest absolute Gasteiger partial charge is 0.242 e. The number of amides is 2. The Bertz CT molecular complexity index is 434. The fraction of sp³-hybridized carbons (Fsp3) is 0.385. The van der Waals surface area contributed by atoms with Crippen molar-refractivity contribution in [2.24, 2.45) is 11.5 Å². The van der Waals surface area contributed by atoms with Crippen molar-refractivity contribution in [1.29, 1.82) is 0 Å². The van der Waals surface area contributed by atoms with Crippen molar-refractivity contribution in [3.63, 3.8) is 0 Å². The number of rotatable bonds is 6. The summed E-state index contributed by atoms with van der Waals surface area (Å²) >= 11 is 0. The number of carbonyl (C=O) groups is 2. The van der Waals surface area contributed by atoms with Crippen LogP contribution in [0.3, 0.4) is 0 Å². The number of aliphatic hydroxyl groups is 1. The molecule has 1 aromatic rings. The molecule has 0 aliphatic heterocycles. The molecule has 3 unspecified atom stereocenters. The maximum absolute atomic E-state index is 11.8. The van der Waals surface area contributed by atoms with Crippen molar-refractivity contribution in [3.05, 3.63) is 35.9 Å². The Morgan fingerprint density at radius 3 is 2.37 bits per heavy atom. The lowest BCUT2D eigenvalue weighted by atomic mass is 10.1. The fourth-order valence-electron chi connectivity index (χ4n) is 1.65. The highest BCUT2D eigenvalue weighted by Gasteiger charge is 2.25. The molecule has 3 atom stereocenters. The van der Waals surface area contributed by atoms with Crippen molar-refractivity contribution >= 4 is 11.8 Å². The van der Waals surface area contributed by atoms with Gasteiger partial charge in [0.15, 0.2) is 0 Å². The van der Waals surface area contributed by atoms with Gasteiger partial charge in [-0.1, -0.05) is 30.3 Å². The summed E-state index contributed by atoms with van der Waals surface area (Å²) in [4.78, 5) is 22.9. The highest BCUT2D eigenvalue weighted by Crippen LogP contribution is 2.02. The quantitative estimate of drug-likeness (QED) is 0.522. The Balaban J connectivity index is 2.60. The van der Waals surface area contributed by atoms with E-state index >= 15 is 0 Å². The second-order valence-corrected chi connectivity index (χ2v) is 4.43. The molecule has 0 saturated heterocycles. The predicted molar refractivity (Wildman–Crippen MR) is 70.9 cm³/mol. The van der Waals surface area contributed by atoms with Gasteiger partial charge in [-0.15, -0.1) is 0 Å². The Hall–Kier alpha value is -1.92. The first-order valence-corrected chi connectivity index (χ1v) is 5.99. The Kier molecular flexibility index (Phi) is 5.47. The van der Waals surface area contributed by atoms with E-state index in [4.69, 9.17) is 11.5 Å². The van der Waals surface area contributed by atoms with Crippen molar-refractivity contribution in [2.45, 2.75) is 31.5 Å². The molecule has 0 saturated carbocycles. The molecule has 104 valence electrons. The van der Waals surface area contributed by atoms with Crippen LogP contribution in [0.2, 0.25) is 0 Å². The van der Waals surface area contributed by atoms with Gasteiger partial charge >= 0.3 is 0 Å². The zero-order chi connectivity index (χ0) is 14.4. The molecule has 0 spiro atoms. The summed E-state index contributed by atoms with van der Waals surface area (Å²) < 4.78 is 0. The summed E-state index contributed by atoms with van der Waals surface area (Å²) in [5.41, 5.74) is 11.8. The number of primary amides is 1. The molecule has 19 heavy (non-hydrogen) atoms. The molecule has 0 radical (unpaired) electrons. The van der Waals surface area contributed by atoms with Gasteiger partial charge in [0.25, 0.3) is 0 Å². The lowest BCUT2D eigenvalue weighted by Crippen LogP contribution is -2.55. The van der Waals surface area contributed by atoms with Crippen molar-refractivity contribution in [1.82, 2.24) is 5.32 Å². The van der Waals surface area contributed by atoms with E-state index in [0.717, 1.165) is 5.56 Å². The number of aliphatic hydroxyl groups excluding tert-OH is 1. The molecule has 0 fully saturated rings. The van der Waals surface area contributed by atoms with Crippen LogP contribution in [0.5, 0.6) is 0 Å². The molecule has 1 rings (SSSR count). The average molecular weight is 265 g/mol. The van der Waals surface area contributed by atoms with Crippen molar-refractivity contribution < 1.29 is 14.7 Å². The van der Waals surface area contributed by atoms with E-state index in [1.54, 1.807) is 0 Å². The Morgan fingerprint density at radius 1 is 1.32 bits per heavy atom. The summed E-state index contributed by atoms with van der Waals surface area (Å²) in [7, 11) is 0. The first kappa shape index (κ1) is 15.1. The van der Waals surface area contributed by atoms with Crippen molar-refractivity contribution in [2.75, 3.05) is 0 Å². The van der Waals surface area contributed by atoms with Crippen LogP contribution in [0.4, 0.5) is 0 Å². The molecule has 0 heterocycles. The van der Waals surface area contributed by atoms with Gasteiger partial charge in [0, 0.05) is 0 Å². The molecule has 0 aliphatic carbocycles. The van der Waals surface area contributed by atoms with Crippen LogP contribution in [-0.2, 0) is 16.0 Å². The maximum atomic E-state index is 11.8. The largest absolute Gasteiger partial charge is 0.391 e. The van der Waals surface area contributed by atoms with Gasteiger partial charge in [-0.25, -0.2) is 0 Å². The number of benzene rings is 1. The molecule has 1 aromatic carbocycles. The van der Waals surface area contributed by atoms with E-state index in [2.05, 4.69) is 5.32 Å². The third-order valence-electron chi connectivity index (χ3n) is 2.72. The van der Waals surface area contributed by atoms with Gasteiger partial charge < -0.3 is 21.9 Å². The highest BCUT2D eigenvalue weighted by atomic mass is 16.3. The fourth-order valence-corrected chi connectivity index (χ4v) is 1.65. The van der Waals surface area contributed by atoms with Gasteiger partial charge in [-0.3, -0.25) is 9.59 Å². The zero-order valence-electron chi connectivity index (χ0n) is 10.7. The second-order valence-electron chi connectivity index (χ2n) is 4.43. The second kappa shape index (κ2) is 6.86. The van der Waals surface area contributed by atoms with E-state index in [0.29, 0.717) is 6.42 Å². The molecular formula is C13H19N3O3. The van der Waals surface area contributed by atoms with Crippen molar-refractivity contribution in [3.8, 4) is 0 Å². The van der Waals surface area contributed by atoms with E-state index in [1.807, 2.05) is 30.3 Å². The molecule has 6 N–H and O–H groups in total. The van der Waals surface area contributed by atoms with Crippen LogP contribution in [0.1, 0.15) is 12.5 Å². The minimum atomic E-state index is -1.13. The normalized spacial score (nSPS) is 15.3. The minimum Gasteiger partial charge on any atom is -0.391 e. The summed E-state index contributed by atoms with van der Waals surface area (Å²) in [5.74, 6) is -1.32. The molecule has 2 amide bonds. The molecule has 0 aliphatic rings. The number of hydrogen-bond donors (Lipinski definition) is 4. The lowest BCUT2D eigenvalue weighted by molar-refractivity contribution is -0.130. The molecule has 6 nitrogen and oxygen atoms in total. The number of hydrogen-bond acceptors (Lipinski definition) is 4. The third kappa shape index (κ3) is 4.69. The lowest BCUT2D eigenvalue weighted by Gasteiger charge is -2.20. The van der Waals surface area contributed by atoms with E-state index in [1.165, 1.54) is 6.92 Å². The monoisotopic (exact) mass is 265 g/mol. The summed E-state index contributed by atoms with van der Waals surface area (Å²) in [5, 5.41) is 11.7. The minimum absolute atomic E-state index is 0.345. The zero-order valence-corrected chi connectivity index (χ0v) is 10.7. The van der Waals surface area contributed by atoms with E-state index < -0.39 is 30.0 Å². The van der Waals surface area contributed by atoms with Crippen LogP contribution in [0, 0.1) is 0 Å².